The first kappa shape index (κ1) is 6.29. The summed E-state index contributed by atoms with van der Waals surface area (Å²) in [6.07, 6.45) is 2.08. The van der Waals surface area contributed by atoms with E-state index in [9.17, 15) is 0 Å². The fourth-order valence-corrected chi connectivity index (χ4v) is 0.613. The van der Waals surface area contributed by atoms with Gasteiger partial charge in [0.15, 0.2) is 5.89 Å². The smallest absolute Gasteiger partial charge is 0.196 e. The number of hydrogen-bond donors (Lipinski definition) is 1. The molecule has 0 spiro atoms. The second-order valence-electron chi connectivity index (χ2n) is 1.86. The number of aryl methyl sites for hydroxylation is 1. The maximum Gasteiger partial charge on any atom is 0.196 e. The van der Waals surface area contributed by atoms with E-state index in [1.165, 1.54) is 0 Å². The van der Waals surface area contributed by atoms with Crippen molar-refractivity contribution in [3.05, 3.63) is 17.8 Å². The van der Waals surface area contributed by atoms with Gasteiger partial charge in [-0.25, -0.2) is 4.98 Å². The summed E-state index contributed by atoms with van der Waals surface area (Å²) in [5, 5.41) is 8.43. The van der Waals surface area contributed by atoms with Crippen LogP contribution in [-0.4, -0.2) is 16.7 Å². The number of hydrogen-bond acceptors (Lipinski definition) is 3. The molecule has 0 radical (unpaired) electrons. The highest BCUT2D eigenvalue weighted by Gasteiger charge is 1.96. The molecule has 3 heteroatoms. The van der Waals surface area contributed by atoms with E-state index < -0.39 is 0 Å². The van der Waals surface area contributed by atoms with Crippen LogP contribution >= 0.6 is 0 Å². The second kappa shape index (κ2) is 2.64. The first-order chi connectivity index (χ1) is 4.33. The molecule has 0 aromatic carbocycles. The van der Waals surface area contributed by atoms with Gasteiger partial charge in [0.05, 0.1) is 12.3 Å². The van der Waals surface area contributed by atoms with Crippen molar-refractivity contribution in [2.45, 2.75) is 13.3 Å². The van der Waals surface area contributed by atoms with E-state index in [2.05, 4.69) is 4.98 Å². The van der Waals surface area contributed by atoms with Crippen LogP contribution in [0.15, 0.2) is 10.7 Å². The lowest BCUT2D eigenvalue weighted by molar-refractivity contribution is 0.285. The number of aliphatic hydroxyl groups excluding tert-OH is 1. The lowest BCUT2D eigenvalue weighted by Crippen LogP contribution is -1.89. The topological polar surface area (TPSA) is 46.3 Å². The molecule has 0 atom stereocenters. The van der Waals surface area contributed by atoms with Gasteiger partial charge in [-0.05, 0) is 6.92 Å². The van der Waals surface area contributed by atoms with Gasteiger partial charge in [-0.15, -0.1) is 0 Å². The third-order valence-electron chi connectivity index (χ3n) is 0.992. The van der Waals surface area contributed by atoms with Crippen LogP contribution in [0.2, 0.25) is 0 Å². The molecule has 1 rings (SSSR count). The molecule has 0 bridgehead atoms. The Morgan fingerprint density at radius 3 is 3.00 bits per heavy atom. The average Bonchev–Trinajstić information content (AvgIpc) is 2.17. The molecule has 0 unspecified atom stereocenters. The van der Waals surface area contributed by atoms with Crippen LogP contribution in [0.3, 0.4) is 0 Å². The van der Waals surface area contributed by atoms with Crippen LogP contribution in [0.25, 0.3) is 0 Å². The van der Waals surface area contributed by atoms with E-state index >= 15 is 0 Å². The summed E-state index contributed by atoms with van der Waals surface area (Å²) in [7, 11) is 0. The number of oxazole rings is 1. The van der Waals surface area contributed by atoms with Gasteiger partial charge in [-0.1, -0.05) is 0 Å². The molecule has 1 aromatic heterocycles. The second-order valence-corrected chi connectivity index (χ2v) is 1.86. The molecule has 0 saturated carbocycles. The summed E-state index contributed by atoms with van der Waals surface area (Å²) in [5.41, 5.74) is 0.860. The van der Waals surface area contributed by atoms with Crippen LogP contribution in [0.4, 0.5) is 0 Å². The van der Waals surface area contributed by atoms with Gasteiger partial charge in [0.25, 0.3) is 0 Å². The third kappa shape index (κ3) is 1.54. The van der Waals surface area contributed by atoms with E-state index in [0.29, 0.717) is 12.3 Å². The molecule has 1 aromatic rings. The zero-order chi connectivity index (χ0) is 6.69. The molecule has 0 aliphatic rings. The monoisotopic (exact) mass is 127 g/mol. The predicted octanol–water partition coefficient (Wildman–Crippen LogP) is 0.518. The average molecular weight is 127 g/mol. The van der Waals surface area contributed by atoms with Crippen LogP contribution < -0.4 is 0 Å². The largest absolute Gasteiger partial charge is 0.449 e. The fourth-order valence-electron chi connectivity index (χ4n) is 0.613. The molecule has 3 nitrogen and oxygen atoms in total. The van der Waals surface area contributed by atoms with Crippen molar-refractivity contribution in [3.8, 4) is 0 Å². The van der Waals surface area contributed by atoms with E-state index in [0.717, 1.165) is 5.69 Å². The van der Waals surface area contributed by atoms with Crippen molar-refractivity contribution in [1.29, 1.82) is 0 Å². The van der Waals surface area contributed by atoms with Crippen molar-refractivity contribution in [1.82, 2.24) is 4.98 Å². The van der Waals surface area contributed by atoms with Crippen molar-refractivity contribution in [3.63, 3.8) is 0 Å². The van der Waals surface area contributed by atoms with Gasteiger partial charge in [-0.3, -0.25) is 0 Å². The highest BCUT2D eigenvalue weighted by molar-refractivity contribution is 4.92. The summed E-state index contributed by atoms with van der Waals surface area (Å²) >= 11 is 0. The number of aliphatic hydroxyl groups is 1. The molecular formula is C6H9NO2. The maximum absolute atomic E-state index is 8.43. The molecule has 0 fully saturated rings. The van der Waals surface area contributed by atoms with Gasteiger partial charge in [0.1, 0.15) is 6.26 Å². The Balaban J connectivity index is 2.61. The van der Waals surface area contributed by atoms with Gasteiger partial charge in [0.2, 0.25) is 0 Å². The summed E-state index contributed by atoms with van der Waals surface area (Å²) < 4.78 is 4.93. The van der Waals surface area contributed by atoms with E-state index in [4.69, 9.17) is 9.52 Å². The lowest BCUT2D eigenvalue weighted by Gasteiger charge is -1.84. The van der Waals surface area contributed by atoms with Crippen molar-refractivity contribution in [2.75, 3.05) is 6.61 Å². The number of nitrogens with zero attached hydrogens (tertiary/aromatic N) is 1. The summed E-state index contributed by atoms with van der Waals surface area (Å²) in [6, 6.07) is 0. The zero-order valence-electron chi connectivity index (χ0n) is 5.29. The van der Waals surface area contributed by atoms with Crippen molar-refractivity contribution >= 4 is 0 Å². The fraction of sp³-hybridized carbons (Fsp3) is 0.500. The van der Waals surface area contributed by atoms with Gasteiger partial charge in [-0.2, -0.15) is 0 Å². The Labute approximate surface area is 53.3 Å². The van der Waals surface area contributed by atoms with Crippen LogP contribution in [0.5, 0.6) is 0 Å². The Morgan fingerprint density at radius 1 is 1.78 bits per heavy atom. The summed E-state index contributed by atoms with van der Waals surface area (Å²) in [6.45, 7) is 1.95. The first-order valence-corrected chi connectivity index (χ1v) is 2.85. The van der Waals surface area contributed by atoms with E-state index in [1.807, 2.05) is 6.92 Å². The van der Waals surface area contributed by atoms with Crippen LogP contribution in [0, 0.1) is 6.92 Å². The molecular weight excluding hydrogens is 118 g/mol. The molecule has 0 amide bonds. The standard InChI is InChI=1S/C6H9NO2/c1-5-4-9-6(7-5)2-3-8/h4,8H,2-3H2,1H3. The quantitative estimate of drug-likeness (QED) is 0.629. The van der Waals surface area contributed by atoms with Crippen molar-refractivity contribution in [2.24, 2.45) is 0 Å². The van der Waals surface area contributed by atoms with Crippen molar-refractivity contribution < 1.29 is 9.52 Å². The Bertz CT molecular complexity index is 183. The molecule has 0 aliphatic carbocycles. The number of aromatic nitrogens is 1. The van der Waals surface area contributed by atoms with Gasteiger partial charge < -0.3 is 9.52 Å². The lowest BCUT2D eigenvalue weighted by atomic mass is 10.4. The minimum atomic E-state index is 0.0972. The zero-order valence-corrected chi connectivity index (χ0v) is 5.29. The first-order valence-electron chi connectivity index (χ1n) is 2.85. The highest BCUT2D eigenvalue weighted by atomic mass is 16.3. The van der Waals surface area contributed by atoms with Gasteiger partial charge >= 0.3 is 0 Å². The minimum Gasteiger partial charge on any atom is -0.449 e. The van der Waals surface area contributed by atoms with Gasteiger partial charge in [0, 0.05) is 6.42 Å². The molecule has 0 aliphatic heterocycles. The molecule has 1 heterocycles. The van der Waals surface area contributed by atoms with Crippen LogP contribution in [0.1, 0.15) is 11.6 Å². The summed E-state index contributed by atoms with van der Waals surface area (Å²) in [4.78, 5) is 3.97. The number of rotatable bonds is 2. The maximum atomic E-state index is 8.43. The summed E-state index contributed by atoms with van der Waals surface area (Å²) in [5.74, 6) is 0.606. The molecule has 9 heavy (non-hydrogen) atoms. The van der Waals surface area contributed by atoms with E-state index in [1.54, 1.807) is 6.26 Å². The molecule has 1 N–H and O–H groups in total. The highest BCUT2D eigenvalue weighted by Crippen LogP contribution is 1.99. The van der Waals surface area contributed by atoms with Crippen LogP contribution in [-0.2, 0) is 6.42 Å². The Kier molecular flexibility index (Phi) is 1.85. The molecule has 50 valence electrons. The molecule has 0 saturated heterocycles. The minimum absolute atomic E-state index is 0.0972. The Morgan fingerprint density at radius 2 is 2.56 bits per heavy atom. The Hall–Kier alpha value is -0.830. The van der Waals surface area contributed by atoms with E-state index in [-0.39, 0.29) is 6.61 Å². The predicted molar refractivity (Wildman–Crippen MR) is 32.0 cm³/mol. The normalized spacial score (nSPS) is 10.0. The SMILES string of the molecule is Cc1coc(CCO)n1. The third-order valence-corrected chi connectivity index (χ3v) is 0.992.